The summed E-state index contributed by atoms with van der Waals surface area (Å²) < 4.78 is 43.7. The lowest BCUT2D eigenvalue weighted by molar-refractivity contribution is -0.302. The normalized spacial score (nSPS) is 24.3. The Balaban J connectivity index is 2.87. The van der Waals surface area contributed by atoms with Gasteiger partial charge in [0, 0.05) is 12.1 Å². The Bertz CT molecular complexity index is 399. The first-order valence-corrected chi connectivity index (χ1v) is 6.98. The number of amides is 1. The van der Waals surface area contributed by atoms with Crippen molar-refractivity contribution >= 4 is 6.09 Å². The van der Waals surface area contributed by atoms with Gasteiger partial charge < -0.3 is 9.84 Å². The van der Waals surface area contributed by atoms with E-state index in [-0.39, 0.29) is 17.3 Å². The van der Waals surface area contributed by atoms with E-state index in [4.69, 9.17) is 0 Å². The molecule has 0 aliphatic carbocycles. The fraction of sp³-hybridized carbons (Fsp3) is 0.769. The van der Waals surface area contributed by atoms with Crippen molar-refractivity contribution in [3.63, 3.8) is 0 Å². The van der Waals surface area contributed by atoms with Crippen LogP contribution in [0.15, 0.2) is 11.8 Å². The number of hydrogen-bond acceptors (Lipinski definition) is 4. The van der Waals surface area contributed by atoms with Crippen LogP contribution < -0.4 is 5.43 Å². The third kappa shape index (κ3) is 4.03. The highest BCUT2D eigenvalue weighted by Gasteiger charge is 2.64. The molecule has 1 amide bonds. The van der Waals surface area contributed by atoms with E-state index in [1.165, 1.54) is 6.92 Å². The van der Waals surface area contributed by atoms with E-state index < -0.39 is 24.4 Å². The molecule has 1 heterocycles. The molecule has 0 aromatic carbocycles. The summed E-state index contributed by atoms with van der Waals surface area (Å²) >= 11 is 0. The highest BCUT2D eigenvalue weighted by molar-refractivity contribution is 5.69. The SMILES string of the molecule is CCCCCC=C1CC(O)(C(F)(F)F)N(C(=O)OCC)N1. The van der Waals surface area contributed by atoms with Crippen molar-refractivity contribution in [2.24, 2.45) is 0 Å². The van der Waals surface area contributed by atoms with Gasteiger partial charge in [-0.2, -0.15) is 18.2 Å². The summed E-state index contributed by atoms with van der Waals surface area (Å²) in [6.07, 6.45) is -1.99. The maximum absolute atomic E-state index is 13.0. The lowest BCUT2D eigenvalue weighted by Crippen LogP contribution is -2.60. The van der Waals surface area contributed by atoms with Gasteiger partial charge in [0.15, 0.2) is 0 Å². The van der Waals surface area contributed by atoms with Gasteiger partial charge in [-0.1, -0.05) is 25.8 Å². The Morgan fingerprint density at radius 3 is 2.67 bits per heavy atom. The minimum Gasteiger partial charge on any atom is -0.448 e. The third-order valence-corrected chi connectivity index (χ3v) is 3.17. The number of nitrogens with zero attached hydrogens (tertiary/aromatic N) is 1. The minimum atomic E-state index is -4.98. The van der Waals surface area contributed by atoms with Crippen LogP contribution in [0.1, 0.15) is 46.0 Å². The van der Waals surface area contributed by atoms with E-state index in [1.807, 2.05) is 6.92 Å². The van der Waals surface area contributed by atoms with Crippen molar-refractivity contribution in [2.75, 3.05) is 6.61 Å². The fourth-order valence-corrected chi connectivity index (χ4v) is 2.02. The highest BCUT2D eigenvalue weighted by Crippen LogP contribution is 2.41. The maximum atomic E-state index is 13.0. The molecule has 8 heteroatoms. The smallest absolute Gasteiger partial charge is 0.438 e. The second-order valence-electron chi connectivity index (χ2n) is 4.86. The zero-order chi connectivity index (χ0) is 16.1. The van der Waals surface area contributed by atoms with Crippen LogP contribution >= 0.6 is 0 Å². The molecule has 122 valence electrons. The molecule has 0 radical (unpaired) electrons. The fourth-order valence-electron chi connectivity index (χ4n) is 2.02. The maximum Gasteiger partial charge on any atom is 0.438 e. The number of halogens is 3. The number of aliphatic hydroxyl groups is 1. The van der Waals surface area contributed by atoms with Gasteiger partial charge in [0.2, 0.25) is 0 Å². The Morgan fingerprint density at radius 1 is 1.48 bits per heavy atom. The van der Waals surface area contributed by atoms with E-state index in [0.29, 0.717) is 6.42 Å². The van der Waals surface area contributed by atoms with Gasteiger partial charge in [-0.25, -0.2) is 4.79 Å². The van der Waals surface area contributed by atoms with Crippen molar-refractivity contribution in [3.05, 3.63) is 11.8 Å². The first-order valence-electron chi connectivity index (χ1n) is 6.98. The third-order valence-electron chi connectivity index (χ3n) is 3.17. The second-order valence-corrected chi connectivity index (χ2v) is 4.86. The molecule has 2 N–H and O–H groups in total. The van der Waals surface area contributed by atoms with Crippen molar-refractivity contribution in [1.82, 2.24) is 10.4 Å². The summed E-state index contributed by atoms with van der Waals surface area (Å²) in [5.74, 6) is 0. The average molecular weight is 310 g/mol. The molecule has 1 aliphatic rings. The number of carbonyl (C=O) groups excluding carboxylic acids is 1. The number of hydrogen-bond donors (Lipinski definition) is 2. The number of unbranched alkanes of at least 4 members (excludes halogenated alkanes) is 3. The van der Waals surface area contributed by atoms with Gasteiger partial charge in [0.25, 0.3) is 5.72 Å². The quantitative estimate of drug-likeness (QED) is 0.766. The van der Waals surface area contributed by atoms with Crippen LogP contribution in [-0.4, -0.2) is 34.7 Å². The summed E-state index contributed by atoms with van der Waals surface area (Å²) in [6, 6.07) is 0. The van der Waals surface area contributed by atoms with E-state index in [9.17, 15) is 23.1 Å². The molecule has 21 heavy (non-hydrogen) atoms. The predicted octanol–water partition coefficient (Wildman–Crippen LogP) is 3.07. The monoisotopic (exact) mass is 310 g/mol. The Labute approximate surface area is 121 Å². The zero-order valence-electron chi connectivity index (χ0n) is 12.2. The number of hydrazine groups is 1. The molecule has 1 saturated heterocycles. The lowest BCUT2D eigenvalue weighted by Gasteiger charge is -2.32. The van der Waals surface area contributed by atoms with Crippen LogP contribution in [0.4, 0.5) is 18.0 Å². The highest BCUT2D eigenvalue weighted by atomic mass is 19.4. The Hall–Kier alpha value is -1.44. The van der Waals surface area contributed by atoms with E-state index >= 15 is 0 Å². The molecular weight excluding hydrogens is 289 g/mol. The molecule has 1 rings (SSSR count). The molecule has 0 spiro atoms. The molecule has 0 aromatic rings. The van der Waals surface area contributed by atoms with Crippen LogP contribution in [0, 0.1) is 0 Å². The minimum absolute atomic E-state index is 0.0828. The summed E-state index contributed by atoms with van der Waals surface area (Å²) in [5, 5.41) is 9.97. The number of nitrogens with one attached hydrogen (secondary N) is 1. The predicted molar refractivity (Wildman–Crippen MR) is 69.8 cm³/mol. The van der Waals surface area contributed by atoms with E-state index in [2.05, 4.69) is 10.2 Å². The molecule has 0 aromatic heterocycles. The van der Waals surface area contributed by atoms with Gasteiger partial charge >= 0.3 is 12.3 Å². The van der Waals surface area contributed by atoms with Gasteiger partial charge in [0.1, 0.15) is 0 Å². The number of alkyl halides is 3. The number of carbonyl (C=O) groups is 1. The molecular formula is C13H21F3N2O3. The Kier molecular flexibility index (Phi) is 5.88. The van der Waals surface area contributed by atoms with Crippen molar-refractivity contribution < 1.29 is 27.8 Å². The van der Waals surface area contributed by atoms with Gasteiger partial charge in [0.05, 0.1) is 6.61 Å². The second kappa shape index (κ2) is 7.02. The summed E-state index contributed by atoms with van der Waals surface area (Å²) in [6.45, 7) is 3.41. The van der Waals surface area contributed by atoms with Gasteiger partial charge in [-0.15, -0.1) is 0 Å². The van der Waals surface area contributed by atoms with Gasteiger partial charge in [-0.3, -0.25) is 5.43 Å². The molecule has 0 saturated carbocycles. The lowest BCUT2D eigenvalue weighted by atomic mass is 10.1. The van der Waals surface area contributed by atoms with Crippen LogP contribution in [0.3, 0.4) is 0 Å². The van der Waals surface area contributed by atoms with Crippen LogP contribution in [0.25, 0.3) is 0 Å². The number of rotatable bonds is 5. The first kappa shape index (κ1) is 17.6. The van der Waals surface area contributed by atoms with Crippen molar-refractivity contribution in [1.29, 1.82) is 0 Å². The molecule has 1 unspecified atom stereocenters. The molecule has 1 fully saturated rings. The summed E-state index contributed by atoms with van der Waals surface area (Å²) in [5.41, 5.74) is -0.817. The summed E-state index contributed by atoms with van der Waals surface area (Å²) in [7, 11) is 0. The Morgan fingerprint density at radius 2 is 2.14 bits per heavy atom. The van der Waals surface area contributed by atoms with E-state index in [1.54, 1.807) is 6.08 Å². The van der Waals surface area contributed by atoms with Crippen molar-refractivity contribution in [2.45, 2.75) is 57.9 Å². The number of ether oxygens (including phenoxy) is 1. The average Bonchev–Trinajstić information content (AvgIpc) is 2.73. The molecule has 1 aliphatic heterocycles. The standard InChI is InChI=1S/C13H21F3N2O3/c1-3-5-6-7-8-10-9-12(20,13(14,15)16)18(17-10)11(19)21-4-2/h8,17,20H,3-7,9H2,1-2H3. The van der Waals surface area contributed by atoms with Crippen molar-refractivity contribution in [3.8, 4) is 0 Å². The zero-order valence-corrected chi connectivity index (χ0v) is 12.2. The summed E-state index contributed by atoms with van der Waals surface area (Å²) in [4.78, 5) is 11.6. The van der Waals surface area contributed by atoms with Crippen LogP contribution in [-0.2, 0) is 4.74 Å². The van der Waals surface area contributed by atoms with E-state index in [0.717, 1.165) is 19.3 Å². The molecule has 5 nitrogen and oxygen atoms in total. The van der Waals surface area contributed by atoms with Crippen LogP contribution in [0.2, 0.25) is 0 Å². The van der Waals surface area contributed by atoms with Gasteiger partial charge in [-0.05, 0) is 19.8 Å². The van der Waals surface area contributed by atoms with Crippen LogP contribution in [0.5, 0.6) is 0 Å². The molecule has 0 bridgehead atoms. The topological polar surface area (TPSA) is 61.8 Å². The number of allylic oxidation sites excluding steroid dienone is 1. The molecule has 1 atom stereocenters. The first-order chi connectivity index (χ1) is 9.76. The largest absolute Gasteiger partial charge is 0.448 e.